The van der Waals surface area contributed by atoms with Gasteiger partial charge in [-0.3, -0.25) is 0 Å². The van der Waals surface area contributed by atoms with Gasteiger partial charge in [0.15, 0.2) is 0 Å². The molecule has 1 aliphatic rings. The highest BCUT2D eigenvalue weighted by atomic mass is 79.9. The number of nitrogens with one attached hydrogen (secondary N) is 2. The summed E-state index contributed by atoms with van der Waals surface area (Å²) in [5, 5.41) is 5.21. The van der Waals surface area contributed by atoms with Gasteiger partial charge < -0.3 is 5.32 Å². The van der Waals surface area contributed by atoms with Gasteiger partial charge in [-0.05, 0) is 64.0 Å². The topological polar surface area (TPSA) is 58.2 Å². The quantitative estimate of drug-likeness (QED) is 0.846. The summed E-state index contributed by atoms with van der Waals surface area (Å²) in [6.45, 7) is 1.25. The van der Waals surface area contributed by atoms with E-state index >= 15 is 0 Å². The average molecular weight is 387 g/mol. The van der Waals surface area contributed by atoms with E-state index in [0.717, 1.165) is 40.0 Å². The fraction of sp³-hybridized carbons (Fsp3) is 0.286. The minimum atomic E-state index is -3.48. The number of aryl methyl sites for hydroxylation is 1. The molecule has 112 valence electrons. The van der Waals surface area contributed by atoms with Crippen LogP contribution in [0, 0.1) is 0 Å². The number of hydrogen-bond acceptors (Lipinski definition) is 4. The molecule has 21 heavy (non-hydrogen) atoms. The first-order valence-corrected chi connectivity index (χ1v) is 9.80. The number of rotatable bonds is 4. The number of sulfonamides is 1. The maximum absolute atomic E-state index is 12.4. The van der Waals surface area contributed by atoms with Crippen molar-refractivity contribution in [1.82, 2.24) is 4.72 Å². The molecule has 0 bridgehead atoms. The summed E-state index contributed by atoms with van der Waals surface area (Å²) in [6, 6.07) is 7.19. The molecule has 0 saturated heterocycles. The number of anilines is 1. The molecule has 0 fully saturated rings. The molecule has 0 aliphatic carbocycles. The SMILES string of the molecule is O=S(=O)(NCc1sccc1Br)c1ccc2c(c1)CCCN2. The lowest BCUT2D eigenvalue weighted by atomic mass is 10.0. The molecule has 4 nitrogen and oxygen atoms in total. The van der Waals surface area contributed by atoms with Crippen molar-refractivity contribution in [3.8, 4) is 0 Å². The van der Waals surface area contributed by atoms with Crippen LogP contribution in [0.3, 0.4) is 0 Å². The van der Waals surface area contributed by atoms with Crippen LogP contribution in [0.25, 0.3) is 0 Å². The highest BCUT2D eigenvalue weighted by molar-refractivity contribution is 9.10. The monoisotopic (exact) mass is 386 g/mol. The second-order valence-electron chi connectivity index (χ2n) is 4.87. The summed E-state index contributed by atoms with van der Waals surface area (Å²) >= 11 is 4.93. The molecule has 1 aromatic heterocycles. The predicted octanol–water partition coefficient (Wildman–Crippen LogP) is 3.35. The minimum absolute atomic E-state index is 0.302. The van der Waals surface area contributed by atoms with E-state index in [0.29, 0.717) is 11.4 Å². The van der Waals surface area contributed by atoms with E-state index in [1.165, 1.54) is 11.3 Å². The van der Waals surface area contributed by atoms with E-state index in [9.17, 15) is 8.42 Å². The second kappa shape index (κ2) is 6.08. The van der Waals surface area contributed by atoms with Gasteiger partial charge in [-0.25, -0.2) is 13.1 Å². The van der Waals surface area contributed by atoms with Crippen LogP contribution < -0.4 is 10.0 Å². The Kier molecular flexibility index (Phi) is 4.35. The standard InChI is InChI=1S/C14H15BrN2O2S2/c15-12-5-7-20-14(12)9-17-21(18,19)11-3-4-13-10(8-11)2-1-6-16-13/h3-5,7-8,16-17H,1-2,6,9H2. The van der Waals surface area contributed by atoms with Crippen LogP contribution in [0.4, 0.5) is 5.69 Å². The van der Waals surface area contributed by atoms with Crippen molar-refractivity contribution >= 4 is 43.0 Å². The molecule has 0 spiro atoms. The third-order valence-electron chi connectivity index (χ3n) is 3.44. The van der Waals surface area contributed by atoms with Gasteiger partial charge in [-0.1, -0.05) is 0 Å². The molecule has 0 amide bonds. The lowest BCUT2D eigenvalue weighted by molar-refractivity contribution is 0.581. The first-order valence-electron chi connectivity index (χ1n) is 6.64. The number of fused-ring (bicyclic) bond motifs is 1. The highest BCUT2D eigenvalue weighted by Crippen LogP contribution is 2.26. The third kappa shape index (κ3) is 3.31. The molecule has 2 heterocycles. The highest BCUT2D eigenvalue weighted by Gasteiger charge is 2.18. The minimum Gasteiger partial charge on any atom is -0.385 e. The Balaban J connectivity index is 1.80. The summed E-state index contributed by atoms with van der Waals surface area (Å²) in [4.78, 5) is 1.30. The summed E-state index contributed by atoms with van der Waals surface area (Å²) in [6.07, 6.45) is 1.95. The van der Waals surface area contributed by atoms with Crippen molar-refractivity contribution in [2.75, 3.05) is 11.9 Å². The first kappa shape index (κ1) is 15.0. The Hall–Kier alpha value is -0.890. The lowest BCUT2D eigenvalue weighted by Gasteiger charge is -2.18. The molecule has 2 N–H and O–H groups in total. The van der Waals surface area contributed by atoms with Crippen LogP contribution in [-0.2, 0) is 23.0 Å². The maximum atomic E-state index is 12.4. The second-order valence-corrected chi connectivity index (χ2v) is 8.49. The third-order valence-corrected chi connectivity index (χ3v) is 6.76. The van der Waals surface area contributed by atoms with E-state index < -0.39 is 10.0 Å². The Morgan fingerprint density at radius 3 is 2.95 bits per heavy atom. The van der Waals surface area contributed by atoms with Crippen molar-refractivity contribution in [3.63, 3.8) is 0 Å². The number of thiophene rings is 1. The zero-order chi connectivity index (χ0) is 14.9. The van der Waals surface area contributed by atoms with Gasteiger partial charge in [0.1, 0.15) is 0 Å². The van der Waals surface area contributed by atoms with Crippen molar-refractivity contribution in [2.45, 2.75) is 24.3 Å². The van der Waals surface area contributed by atoms with Gasteiger partial charge >= 0.3 is 0 Å². The number of hydrogen-bond donors (Lipinski definition) is 2. The summed E-state index contributed by atoms with van der Waals surface area (Å²) in [5.74, 6) is 0. The van der Waals surface area contributed by atoms with E-state index in [1.54, 1.807) is 12.1 Å². The van der Waals surface area contributed by atoms with Crippen LogP contribution in [0.5, 0.6) is 0 Å². The van der Waals surface area contributed by atoms with E-state index in [-0.39, 0.29) is 0 Å². The normalized spacial score (nSPS) is 14.5. The zero-order valence-electron chi connectivity index (χ0n) is 11.2. The first-order chi connectivity index (χ1) is 10.1. The summed E-state index contributed by atoms with van der Waals surface area (Å²) < 4.78 is 28.4. The van der Waals surface area contributed by atoms with Crippen LogP contribution in [0.1, 0.15) is 16.9 Å². The Morgan fingerprint density at radius 2 is 2.19 bits per heavy atom. The Labute approximate surface area is 136 Å². The fourth-order valence-corrected chi connectivity index (χ4v) is 4.88. The number of benzene rings is 1. The van der Waals surface area contributed by atoms with Gasteiger partial charge in [0, 0.05) is 28.1 Å². The number of halogens is 1. The Bertz CT molecular complexity index is 756. The zero-order valence-corrected chi connectivity index (χ0v) is 14.4. The lowest BCUT2D eigenvalue weighted by Crippen LogP contribution is -2.23. The molecule has 3 rings (SSSR count). The Morgan fingerprint density at radius 1 is 1.33 bits per heavy atom. The van der Waals surface area contributed by atoms with Gasteiger partial charge in [0.05, 0.1) is 4.90 Å². The molecule has 0 atom stereocenters. The van der Waals surface area contributed by atoms with Crippen LogP contribution in [0.2, 0.25) is 0 Å². The smallest absolute Gasteiger partial charge is 0.240 e. The average Bonchev–Trinajstić information content (AvgIpc) is 2.90. The van der Waals surface area contributed by atoms with Crippen molar-refractivity contribution in [2.24, 2.45) is 0 Å². The molecule has 0 radical (unpaired) electrons. The van der Waals surface area contributed by atoms with Gasteiger partial charge in [-0.2, -0.15) is 0 Å². The van der Waals surface area contributed by atoms with Gasteiger partial charge in [0.2, 0.25) is 10.0 Å². The molecule has 0 saturated carbocycles. The van der Waals surface area contributed by atoms with E-state index in [1.807, 2.05) is 17.5 Å². The fourth-order valence-electron chi connectivity index (χ4n) is 2.31. The van der Waals surface area contributed by atoms with Crippen LogP contribution in [-0.4, -0.2) is 15.0 Å². The predicted molar refractivity (Wildman–Crippen MR) is 89.3 cm³/mol. The largest absolute Gasteiger partial charge is 0.385 e. The molecular weight excluding hydrogens is 372 g/mol. The maximum Gasteiger partial charge on any atom is 0.240 e. The molecule has 1 aromatic carbocycles. The summed E-state index contributed by atoms with van der Waals surface area (Å²) in [5.41, 5.74) is 2.11. The van der Waals surface area contributed by atoms with Crippen molar-refractivity contribution < 1.29 is 8.42 Å². The molecule has 2 aromatic rings. The van der Waals surface area contributed by atoms with E-state index in [4.69, 9.17) is 0 Å². The molecule has 7 heteroatoms. The van der Waals surface area contributed by atoms with Crippen LogP contribution in [0.15, 0.2) is 39.0 Å². The van der Waals surface area contributed by atoms with E-state index in [2.05, 4.69) is 26.0 Å². The van der Waals surface area contributed by atoms with Crippen molar-refractivity contribution in [1.29, 1.82) is 0 Å². The molecular formula is C14H15BrN2O2S2. The van der Waals surface area contributed by atoms with Crippen LogP contribution >= 0.6 is 27.3 Å². The van der Waals surface area contributed by atoms with Crippen molar-refractivity contribution in [3.05, 3.63) is 44.6 Å². The van der Waals surface area contributed by atoms with Gasteiger partial charge in [-0.15, -0.1) is 11.3 Å². The molecule has 1 aliphatic heterocycles. The summed E-state index contributed by atoms with van der Waals surface area (Å²) in [7, 11) is -3.48. The van der Waals surface area contributed by atoms with Gasteiger partial charge in [0.25, 0.3) is 0 Å². The molecule has 0 unspecified atom stereocenters.